The van der Waals surface area contributed by atoms with Gasteiger partial charge in [0, 0.05) is 12.1 Å². The molecular weight excluding hydrogens is 356 g/mol. The second kappa shape index (κ2) is 9.93. The molecule has 3 heteroatoms. The summed E-state index contributed by atoms with van der Waals surface area (Å²) in [6, 6.07) is 11.3. The normalized spacial score (nSPS) is 24.2. The molecule has 3 nitrogen and oxygen atoms in total. The van der Waals surface area contributed by atoms with Crippen LogP contribution < -0.4 is 11.1 Å². The third kappa shape index (κ3) is 5.72. The Morgan fingerprint density at radius 2 is 1.72 bits per heavy atom. The number of allylic oxidation sites excluding steroid dienone is 2. The third-order valence-electron chi connectivity index (χ3n) is 7.45. The van der Waals surface area contributed by atoms with Crippen LogP contribution in [0.15, 0.2) is 36.4 Å². The van der Waals surface area contributed by atoms with Gasteiger partial charge < -0.3 is 11.1 Å². The number of benzene rings is 1. The van der Waals surface area contributed by atoms with Crippen molar-refractivity contribution in [1.82, 2.24) is 5.32 Å². The van der Waals surface area contributed by atoms with Gasteiger partial charge in [0.25, 0.3) is 0 Å². The molecule has 2 aliphatic rings. The lowest BCUT2D eigenvalue weighted by atomic mass is 9.73. The first-order valence-electron chi connectivity index (χ1n) is 11.8. The van der Waals surface area contributed by atoms with Crippen LogP contribution in [0.3, 0.4) is 0 Å². The standard InChI is InChI=1S/C26H40N2O/c1-4-26(5-2,25(29)28-24-15-13-23(27)14-16-24)18-22(17-19(3)20-11-12-20)21-9-7-6-8-10-21/h6-10,17,19-20,23-24H,4-5,11-16,18,27H2,1-3H3,(H,28,29)/b22-17-. The fourth-order valence-corrected chi connectivity index (χ4v) is 4.85. The van der Waals surface area contributed by atoms with E-state index >= 15 is 0 Å². The SMILES string of the molecule is CCC(CC)(C/C(=C/C(C)C1CC1)c1ccccc1)C(=O)NC1CCC(N)CC1. The second-order valence-corrected chi connectivity index (χ2v) is 9.50. The van der Waals surface area contributed by atoms with Crippen LogP contribution in [0, 0.1) is 17.3 Å². The van der Waals surface area contributed by atoms with Crippen LogP contribution in [0.4, 0.5) is 0 Å². The van der Waals surface area contributed by atoms with Crippen LogP contribution in [-0.2, 0) is 4.79 Å². The van der Waals surface area contributed by atoms with Crippen LogP contribution >= 0.6 is 0 Å². The molecule has 0 saturated heterocycles. The van der Waals surface area contributed by atoms with E-state index in [1.165, 1.54) is 24.0 Å². The van der Waals surface area contributed by atoms with Gasteiger partial charge in [-0.25, -0.2) is 0 Å². The van der Waals surface area contributed by atoms with Gasteiger partial charge in [0.1, 0.15) is 0 Å². The molecule has 1 amide bonds. The third-order valence-corrected chi connectivity index (χ3v) is 7.45. The van der Waals surface area contributed by atoms with Crippen molar-refractivity contribution >= 4 is 11.5 Å². The van der Waals surface area contributed by atoms with E-state index in [-0.39, 0.29) is 17.4 Å². The molecule has 29 heavy (non-hydrogen) atoms. The molecule has 2 saturated carbocycles. The highest BCUT2D eigenvalue weighted by Crippen LogP contribution is 2.42. The molecule has 1 atom stereocenters. The minimum Gasteiger partial charge on any atom is -0.353 e. The number of carbonyl (C=O) groups is 1. The maximum Gasteiger partial charge on any atom is 0.226 e. The quantitative estimate of drug-likeness (QED) is 0.562. The number of hydrogen-bond acceptors (Lipinski definition) is 2. The molecule has 2 fully saturated rings. The fourth-order valence-electron chi connectivity index (χ4n) is 4.85. The first-order valence-corrected chi connectivity index (χ1v) is 11.8. The van der Waals surface area contributed by atoms with Gasteiger partial charge in [-0.05, 0) is 80.8 Å². The Balaban J connectivity index is 1.80. The zero-order valence-corrected chi connectivity index (χ0v) is 18.6. The van der Waals surface area contributed by atoms with Crippen molar-refractivity contribution in [2.24, 2.45) is 23.0 Å². The lowest BCUT2D eigenvalue weighted by molar-refractivity contribution is -0.132. The summed E-state index contributed by atoms with van der Waals surface area (Å²) < 4.78 is 0. The molecule has 1 unspecified atom stereocenters. The van der Waals surface area contributed by atoms with Crippen molar-refractivity contribution in [3.63, 3.8) is 0 Å². The summed E-state index contributed by atoms with van der Waals surface area (Å²) in [5, 5.41) is 3.41. The Kier molecular flexibility index (Phi) is 7.56. The first-order chi connectivity index (χ1) is 14.0. The van der Waals surface area contributed by atoms with Crippen molar-refractivity contribution in [3.05, 3.63) is 42.0 Å². The Morgan fingerprint density at radius 1 is 1.10 bits per heavy atom. The van der Waals surface area contributed by atoms with Crippen LogP contribution in [0.2, 0.25) is 0 Å². The number of carbonyl (C=O) groups excluding carboxylic acids is 1. The lowest BCUT2D eigenvalue weighted by Crippen LogP contribution is -2.47. The van der Waals surface area contributed by atoms with E-state index in [0.29, 0.717) is 12.0 Å². The zero-order chi connectivity index (χ0) is 20.9. The molecule has 0 bridgehead atoms. The number of nitrogens with two attached hydrogens (primary N) is 1. The van der Waals surface area contributed by atoms with Crippen LogP contribution in [0.25, 0.3) is 5.57 Å². The zero-order valence-electron chi connectivity index (χ0n) is 18.6. The van der Waals surface area contributed by atoms with Crippen molar-refractivity contribution in [2.45, 2.75) is 90.6 Å². The highest BCUT2D eigenvalue weighted by molar-refractivity contribution is 5.85. The lowest BCUT2D eigenvalue weighted by Gasteiger charge is -2.35. The largest absolute Gasteiger partial charge is 0.353 e. The summed E-state index contributed by atoms with van der Waals surface area (Å²) in [6.07, 6.45) is 11.8. The maximum atomic E-state index is 13.5. The molecule has 0 aliphatic heterocycles. The molecule has 0 aromatic heterocycles. The number of nitrogens with one attached hydrogen (secondary N) is 1. The molecular formula is C26H40N2O. The average molecular weight is 397 g/mol. The summed E-state index contributed by atoms with van der Waals surface area (Å²) in [7, 11) is 0. The molecule has 2 aliphatic carbocycles. The second-order valence-electron chi connectivity index (χ2n) is 9.50. The predicted octanol–water partition coefficient (Wildman–Crippen LogP) is 5.70. The predicted molar refractivity (Wildman–Crippen MR) is 122 cm³/mol. The van der Waals surface area contributed by atoms with E-state index in [0.717, 1.165) is 50.9 Å². The minimum atomic E-state index is -0.343. The van der Waals surface area contributed by atoms with E-state index in [1.807, 2.05) is 0 Å². The summed E-state index contributed by atoms with van der Waals surface area (Å²) in [5.74, 6) is 1.65. The Labute approximate surface area is 177 Å². The fraction of sp³-hybridized carbons (Fsp3) is 0.654. The molecule has 0 radical (unpaired) electrons. The Hall–Kier alpha value is -1.61. The molecule has 0 spiro atoms. The van der Waals surface area contributed by atoms with Gasteiger partial charge in [-0.15, -0.1) is 0 Å². The van der Waals surface area contributed by atoms with Gasteiger partial charge >= 0.3 is 0 Å². The van der Waals surface area contributed by atoms with Crippen LogP contribution in [-0.4, -0.2) is 18.0 Å². The number of amides is 1. The van der Waals surface area contributed by atoms with Crippen LogP contribution in [0.5, 0.6) is 0 Å². The summed E-state index contributed by atoms with van der Waals surface area (Å²) in [5.41, 5.74) is 8.32. The van der Waals surface area contributed by atoms with E-state index in [4.69, 9.17) is 5.73 Å². The molecule has 1 aromatic carbocycles. The minimum absolute atomic E-state index is 0.240. The Bertz CT molecular complexity index is 680. The highest BCUT2D eigenvalue weighted by Gasteiger charge is 2.38. The highest BCUT2D eigenvalue weighted by atomic mass is 16.2. The van der Waals surface area contributed by atoms with Crippen LogP contribution in [0.1, 0.15) is 84.1 Å². The van der Waals surface area contributed by atoms with Gasteiger partial charge in [0.15, 0.2) is 0 Å². The number of rotatable bonds is 9. The van der Waals surface area contributed by atoms with Crippen molar-refractivity contribution in [1.29, 1.82) is 0 Å². The van der Waals surface area contributed by atoms with E-state index in [2.05, 4.69) is 62.5 Å². The van der Waals surface area contributed by atoms with Crippen molar-refractivity contribution in [2.75, 3.05) is 0 Å². The molecule has 1 aromatic rings. The average Bonchev–Trinajstić information content (AvgIpc) is 3.59. The molecule has 3 N–H and O–H groups in total. The maximum absolute atomic E-state index is 13.5. The van der Waals surface area contributed by atoms with E-state index in [1.54, 1.807) is 0 Å². The number of hydrogen-bond donors (Lipinski definition) is 2. The summed E-state index contributed by atoms with van der Waals surface area (Å²) in [6.45, 7) is 6.69. The van der Waals surface area contributed by atoms with E-state index in [9.17, 15) is 4.79 Å². The van der Waals surface area contributed by atoms with Gasteiger partial charge in [0.05, 0.1) is 5.41 Å². The summed E-state index contributed by atoms with van der Waals surface area (Å²) >= 11 is 0. The first kappa shape index (κ1) is 22.1. The van der Waals surface area contributed by atoms with Gasteiger partial charge in [-0.3, -0.25) is 4.79 Å². The monoisotopic (exact) mass is 396 g/mol. The van der Waals surface area contributed by atoms with Gasteiger partial charge in [-0.2, -0.15) is 0 Å². The molecule has 3 rings (SSSR count). The van der Waals surface area contributed by atoms with Crippen molar-refractivity contribution in [3.8, 4) is 0 Å². The topological polar surface area (TPSA) is 55.1 Å². The Morgan fingerprint density at radius 3 is 2.28 bits per heavy atom. The smallest absolute Gasteiger partial charge is 0.226 e. The molecule has 0 heterocycles. The molecule has 160 valence electrons. The van der Waals surface area contributed by atoms with Gasteiger partial charge in [0.2, 0.25) is 5.91 Å². The summed E-state index contributed by atoms with van der Waals surface area (Å²) in [4.78, 5) is 13.5. The van der Waals surface area contributed by atoms with E-state index < -0.39 is 0 Å². The van der Waals surface area contributed by atoms with Gasteiger partial charge in [-0.1, -0.05) is 57.2 Å². The van der Waals surface area contributed by atoms with Crippen molar-refractivity contribution < 1.29 is 4.79 Å².